The van der Waals surface area contributed by atoms with Crippen molar-refractivity contribution >= 4 is 24.0 Å². The third-order valence-electron chi connectivity index (χ3n) is 4.26. The van der Waals surface area contributed by atoms with Gasteiger partial charge in [-0.05, 0) is 54.7 Å². The number of benzene rings is 2. The molecule has 1 atom stereocenters. The summed E-state index contributed by atoms with van der Waals surface area (Å²) in [7, 11) is 0. The Hall–Kier alpha value is -2.21. The lowest BCUT2D eigenvalue weighted by Crippen LogP contribution is -2.32. The minimum absolute atomic E-state index is 0. The van der Waals surface area contributed by atoms with Crippen LogP contribution in [0.2, 0.25) is 0 Å². The van der Waals surface area contributed by atoms with Gasteiger partial charge in [-0.3, -0.25) is 4.79 Å². The first-order valence-electron chi connectivity index (χ1n) is 7.71. The number of nitrogens with one attached hydrogen (secondary N) is 1. The second-order valence-corrected chi connectivity index (χ2v) is 5.92. The van der Waals surface area contributed by atoms with Crippen LogP contribution in [0, 0.1) is 0 Å². The first kappa shape index (κ1) is 19.1. The van der Waals surface area contributed by atoms with Crippen LogP contribution in [-0.4, -0.2) is 5.91 Å². The summed E-state index contributed by atoms with van der Waals surface area (Å²) >= 11 is 0. The van der Waals surface area contributed by atoms with Crippen LogP contribution in [-0.2, 0) is 12.6 Å². The average Bonchev–Trinajstić information content (AvgIpc) is 2.54. The number of nitrogens with two attached hydrogens (primary N) is 1. The van der Waals surface area contributed by atoms with E-state index in [0.717, 1.165) is 30.0 Å². The molecule has 134 valence electrons. The molecule has 1 amide bonds. The van der Waals surface area contributed by atoms with Crippen LogP contribution in [0.1, 0.15) is 45.9 Å². The Morgan fingerprint density at radius 1 is 1.16 bits per heavy atom. The Labute approximate surface area is 149 Å². The molecule has 0 heterocycles. The Balaban J connectivity index is 0.00000225. The lowest BCUT2D eigenvalue weighted by molar-refractivity contribution is -0.137. The standard InChI is InChI=1S/C18H17F3N2O.ClH/c19-18(20,21)15-6-2-1-5-14(15)17(24)23-16-7-3-4-11-10-12(22)8-9-13(11)16;/h1-2,5-6,8-10,16H,3-4,7,22H2,(H,23,24);1H. The number of fused-ring (bicyclic) bond motifs is 1. The molecule has 0 aromatic heterocycles. The summed E-state index contributed by atoms with van der Waals surface area (Å²) in [5, 5.41) is 2.74. The molecular weight excluding hydrogens is 353 g/mol. The molecule has 0 fully saturated rings. The Morgan fingerprint density at radius 2 is 1.88 bits per heavy atom. The van der Waals surface area contributed by atoms with Crippen molar-refractivity contribution in [3.05, 3.63) is 64.7 Å². The van der Waals surface area contributed by atoms with Gasteiger partial charge in [-0.25, -0.2) is 0 Å². The molecule has 0 radical (unpaired) electrons. The Kier molecular flexibility index (Phi) is 5.62. The highest BCUT2D eigenvalue weighted by Gasteiger charge is 2.35. The molecule has 2 aromatic rings. The molecule has 0 spiro atoms. The van der Waals surface area contributed by atoms with E-state index < -0.39 is 17.6 Å². The third-order valence-corrected chi connectivity index (χ3v) is 4.26. The second-order valence-electron chi connectivity index (χ2n) is 5.92. The van der Waals surface area contributed by atoms with Crippen LogP contribution in [0.3, 0.4) is 0 Å². The van der Waals surface area contributed by atoms with Crippen LogP contribution in [0.25, 0.3) is 0 Å². The molecule has 3 rings (SSSR count). The van der Waals surface area contributed by atoms with Gasteiger partial charge in [0.25, 0.3) is 5.91 Å². The number of hydrogen-bond acceptors (Lipinski definition) is 2. The van der Waals surface area contributed by atoms with E-state index in [0.29, 0.717) is 12.1 Å². The first-order valence-corrected chi connectivity index (χ1v) is 7.71. The molecule has 0 aliphatic heterocycles. The van der Waals surface area contributed by atoms with Gasteiger partial charge in [-0.1, -0.05) is 18.2 Å². The summed E-state index contributed by atoms with van der Waals surface area (Å²) in [6.07, 6.45) is -2.17. The van der Waals surface area contributed by atoms with Crippen molar-refractivity contribution in [1.82, 2.24) is 5.32 Å². The van der Waals surface area contributed by atoms with Crippen molar-refractivity contribution in [2.45, 2.75) is 31.5 Å². The molecule has 3 N–H and O–H groups in total. The summed E-state index contributed by atoms with van der Waals surface area (Å²) in [5.41, 5.74) is 7.10. The van der Waals surface area contributed by atoms with Crippen molar-refractivity contribution in [3.8, 4) is 0 Å². The number of anilines is 1. The minimum Gasteiger partial charge on any atom is -0.399 e. The summed E-state index contributed by atoms with van der Waals surface area (Å²) < 4.78 is 39.2. The number of nitrogen functional groups attached to an aromatic ring is 1. The Bertz CT molecular complexity index is 777. The zero-order chi connectivity index (χ0) is 17.3. The summed E-state index contributed by atoms with van der Waals surface area (Å²) in [6.45, 7) is 0. The molecule has 3 nitrogen and oxygen atoms in total. The fourth-order valence-electron chi connectivity index (χ4n) is 3.15. The molecular formula is C18H18ClF3N2O. The number of amides is 1. The maximum absolute atomic E-state index is 13.1. The molecule has 1 aliphatic rings. The highest BCUT2D eigenvalue weighted by molar-refractivity contribution is 5.96. The van der Waals surface area contributed by atoms with Crippen LogP contribution in [0.5, 0.6) is 0 Å². The van der Waals surface area contributed by atoms with E-state index in [4.69, 9.17) is 5.73 Å². The topological polar surface area (TPSA) is 55.1 Å². The van der Waals surface area contributed by atoms with Crippen LogP contribution < -0.4 is 11.1 Å². The fourth-order valence-corrected chi connectivity index (χ4v) is 3.15. The number of carbonyl (C=O) groups is 1. The van der Waals surface area contributed by atoms with Crippen molar-refractivity contribution < 1.29 is 18.0 Å². The number of aryl methyl sites for hydroxylation is 1. The molecule has 0 bridgehead atoms. The molecule has 0 saturated carbocycles. The van der Waals surface area contributed by atoms with Crippen molar-refractivity contribution in [3.63, 3.8) is 0 Å². The van der Waals surface area contributed by atoms with Crippen LogP contribution in [0.15, 0.2) is 42.5 Å². The number of alkyl halides is 3. The smallest absolute Gasteiger partial charge is 0.399 e. The maximum atomic E-state index is 13.1. The molecule has 1 unspecified atom stereocenters. The highest BCUT2D eigenvalue weighted by Crippen LogP contribution is 2.34. The molecule has 2 aromatic carbocycles. The van der Waals surface area contributed by atoms with Gasteiger partial charge in [0, 0.05) is 5.69 Å². The van der Waals surface area contributed by atoms with Crippen LogP contribution >= 0.6 is 12.4 Å². The predicted octanol–water partition coefficient (Wildman–Crippen LogP) is 4.52. The van der Waals surface area contributed by atoms with Gasteiger partial charge < -0.3 is 11.1 Å². The SMILES string of the molecule is Cl.Nc1ccc2c(c1)CCCC2NC(=O)c1ccccc1C(F)(F)F. The zero-order valence-electron chi connectivity index (χ0n) is 13.3. The van der Waals surface area contributed by atoms with E-state index in [2.05, 4.69) is 5.32 Å². The minimum atomic E-state index is -4.56. The van der Waals surface area contributed by atoms with Gasteiger partial charge in [0.1, 0.15) is 0 Å². The molecule has 7 heteroatoms. The summed E-state index contributed by atoms with van der Waals surface area (Å²) in [5.74, 6) is -0.711. The molecule has 0 saturated heterocycles. The number of halogens is 4. The number of rotatable bonds is 2. The number of hydrogen-bond donors (Lipinski definition) is 2. The second kappa shape index (κ2) is 7.35. The van der Waals surface area contributed by atoms with Gasteiger partial charge in [-0.2, -0.15) is 13.2 Å². The quantitative estimate of drug-likeness (QED) is 0.764. The van der Waals surface area contributed by atoms with Gasteiger partial charge in [-0.15, -0.1) is 12.4 Å². The van der Waals surface area contributed by atoms with E-state index in [1.165, 1.54) is 18.2 Å². The van der Waals surface area contributed by atoms with Crippen molar-refractivity contribution in [2.75, 3.05) is 5.73 Å². The van der Waals surface area contributed by atoms with Crippen LogP contribution in [0.4, 0.5) is 18.9 Å². The third kappa shape index (κ3) is 4.07. The average molecular weight is 371 g/mol. The fraction of sp³-hybridized carbons (Fsp3) is 0.278. The van der Waals surface area contributed by atoms with E-state index in [-0.39, 0.29) is 24.0 Å². The lowest BCUT2D eigenvalue weighted by Gasteiger charge is -2.27. The number of carbonyl (C=O) groups excluding carboxylic acids is 1. The van der Waals surface area contributed by atoms with E-state index in [9.17, 15) is 18.0 Å². The van der Waals surface area contributed by atoms with Gasteiger partial charge in [0.15, 0.2) is 0 Å². The first-order chi connectivity index (χ1) is 11.4. The molecule has 25 heavy (non-hydrogen) atoms. The van der Waals surface area contributed by atoms with Crippen molar-refractivity contribution in [2.24, 2.45) is 0 Å². The van der Waals surface area contributed by atoms with Crippen molar-refractivity contribution in [1.29, 1.82) is 0 Å². The van der Waals surface area contributed by atoms with E-state index in [1.807, 2.05) is 12.1 Å². The highest BCUT2D eigenvalue weighted by atomic mass is 35.5. The molecule has 1 aliphatic carbocycles. The lowest BCUT2D eigenvalue weighted by atomic mass is 9.87. The van der Waals surface area contributed by atoms with Gasteiger partial charge in [0.2, 0.25) is 0 Å². The normalized spacial score (nSPS) is 16.5. The Morgan fingerprint density at radius 3 is 2.60 bits per heavy atom. The van der Waals surface area contributed by atoms with Gasteiger partial charge in [0.05, 0.1) is 17.2 Å². The largest absolute Gasteiger partial charge is 0.417 e. The maximum Gasteiger partial charge on any atom is 0.417 e. The zero-order valence-corrected chi connectivity index (χ0v) is 14.1. The predicted molar refractivity (Wildman–Crippen MR) is 92.7 cm³/mol. The van der Waals surface area contributed by atoms with Gasteiger partial charge >= 0.3 is 6.18 Å². The summed E-state index contributed by atoms with van der Waals surface area (Å²) in [4.78, 5) is 12.4. The monoisotopic (exact) mass is 370 g/mol. The van der Waals surface area contributed by atoms with E-state index >= 15 is 0 Å². The van der Waals surface area contributed by atoms with E-state index in [1.54, 1.807) is 6.07 Å². The summed E-state index contributed by atoms with van der Waals surface area (Å²) in [6, 6.07) is 9.96.